The highest BCUT2D eigenvalue weighted by molar-refractivity contribution is 8.00. The van der Waals surface area contributed by atoms with Crippen LogP contribution in [0.1, 0.15) is 103 Å². The van der Waals surface area contributed by atoms with Gasteiger partial charge in [0.05, 0.1) is 45.8 Å². The van der Waals surface area contributed by atoms with Crippen LogP contribution in [0.2, 0.25) is 0 Å². The van der Waals surface area contributed by atoms with Crippen molar-refractivity contribution in [3.63, 3.8) is 0 Å². The van der Waals surface area contributed by atoms with Crippen LogP contribution in [0, 0.1) is 34.5 Å². The van der Waals surface area contributed by atoms with E-state index < -0.39 is 5.91 Å². The van der Waals surface area contributed by atoms with Crippen molar-refractivity contribution in [2.75, 3.05) is 29.2 Å². The van der Waals surface area contributed by atoms with E-state index in [0.29, 0.717) is 47.0 Å². The topological polar surface area (TPSA) is 120 Å². The summed E-state index contributed by atoms with van der Waals surface area (Å²) in [6.45, 7) is 12.0. The third-order valence-electron chi connectivity index (χ3n) is 11.6. The second kappa shape index (κ2) is 22.9. The van der Waals surface area contributed by atoms with Crippen LogP contribution in [0.3, 0.4) is 0 Å². The van der Waals surface area contributed by atoms with Crippen molar-refractivity contribution in [3.05, 3.63) is 96.1 Å². The molecular formula is C51H62FN6O3PS. The molecule has 2 fully saturated rings. The molecule has 6 aromatic rings. The Morgan fingerprint density at radius 1 is 0.810 bits per heavy atom. The third-order valence-corrected chi connectivity index (χ3v) is 12.9. The Labute approximate surface area is 379 Å². The molecule has 332 valence electrons. The average molecular weight is 889 g/mol. The largest absolute Gasteiger partial charge is 0.494 e. The fourth-order valence-electron chi connectivity index (χ4n) is 7.69. The molecule has 63 heavy (non-hydrogen) atoms. The van der Waals surface area contributed by atoms with E-state index in [4.69, 9.17) is 9.47 Å². The van der Waals surface area contributed by atoms with E-state index >= 15 is 0 Å². The van der Waals surface area contributed by atoms with Crippen molar-refractivity contribution in [2.45, 2.75) is 104 Å². The molecule has 0 radical (unpaired) electrons. The summed E-state index contributed by atoms with van der Waals surface area (Å²) in [5, 5.41) is 31.7. The van der Waals surface area contributed by atoms with Gasteiger partial charge in [0.1, 0.15) is 36.2 Å². The fourth-order valence-corrected chi connectivity index (χ4v) is 8.62. The van der Waals surface area contributed by atoms with Gasteiger partial charge in [0.2, 0.25) is 0 Å². The molecule has 0 saturated heterocycles. The van der Waals surface area contributed by atoms with Crippen molar-refractivity contribution in [1.82, 2.24) is 9.13 Å². The van der Waals surface area contributed by atoms with Crippen LogP contribution in [-0.2, 0) is 6.54 Å². The van der Waals surface area contributed by atoms with Crippen LogP contribution in [0.15, 0.2) is 84.9 Å². The van der Waals surface area contributed by atoms with E-state index in [-0.39, 0.29) is 6.61 Å². The van der Waals surface area contributed by atoms with Gasteiger partial charge in [-0.2, -0.15) is 10.5 Å². The Morgan fingerprint density at radius 2 is 1.43 bits per heavy atom. The van der Waals surface area contributed by atoms with Gasteiger partial charge in [0.15, 0.2) is 0 Å². The van der Waals surface area contributed by atoms with Gasteiger partial charge < -0.3 is 23.3 Å². The predicted octanol–water partition coefficient (Wildman–Crippen LogP) is 14.2. The molecule has 2 saturated carbocycles. The maximum Gasteiger partial charge on any atom is 0.147 e. The molecule has 2 heterocycles. The van der Waals surface area contributed by atoms with Crippen LogP contribution in [0.25, 0.3) is 44.3 Å². The Bertz CT molecular complexity index is 2500. The first kappa shape index (κ1) is 47.3. The first-order chi connectivity index (χ1) is 30.8. The fraction of sp³-hybridized carbons (Fsp3) is 0.412. The zero-order chi connectivity index (χ0) is 44.9. The molecular weight excluding hydrogens is 827 g/mol. The lowest BCUT2D eigenvalue weighted by Crippen LogP contribution is -2.17. The lowest BCUT2D eigenvalue weighted by Gasteiger charge is -2.30. The first-order valence-corrected chi connectivity index (χ1v) is 24.2. The molecule has 12 heteroatoms. The lowest BCUT2D eigenvalue weighted by molar-refractivity contribution is 0.253. The van der Waals surface area contributed by atoms with Crippen LogP contribution in [-0.4, -0.2) is 39.2 Å². The van der Waals surface area contributed by atoms with E-state index in [9.17, 15) is 20.1 Å². The summed E-state index contributed by atoms with van der Waals surface area (Å²) in [7, 11) is 2.10. The number of rotatable bonds is 18. The lowest BCUT2D eigenvalue weighted by atomic mass is 9.92. The number of nitriles is 2. The maximum atomic E-state index is 13.5. The molecule has 2 aliphatic rings. The summed E-state index contributed by atoms with van der Waals surface area (Å²) in [5.41, 5.74) is 10.8. The van der Waals surface area contributed by atoms with Crippen LogP contribution < -0.4 is 19.7 Å². The van der Waals surface area contributed by atoms with Gasteiger partial charge in [-0.25, -0.2) is 4.39 Å². The zero-order valence-corrected chi connectivity index (χ0v) is 39.3. The van der Waals surface area contributed by atoms with Gasteiger partial charge in [0.25, 0.3) is 0 Å². The molecule has 0 bridgehead atoms. The summed E-state index contributed by atoms with van der Waals surface area (Å²) in [4.78, 5) is 0. The van der Waals surface area contributed by atoms with E-state index in [1.165, 1.54) is 32.1 Å². The summed E-state index contributed by atoms with van der Waals surface area (Å²) in [6.07, 6.45) is 9.22. The van der Waals surface area contributed by atoms with Crippen LogP contribution >= 0.6 is 21.2 Å². The normalized spacial score (nSPS) is 14.3. The summed E-state index contributed by atoms with van der Waals surface area (Å²) >= 11 is 1.67. The minimum absolute atomic E-state index is 0.0598. The Kier molecular flexibility index (Phi) is 17.2. The number of fused-ring (bicyclic) bond motifs is 2. The summed E-state index contributed by atoms with van der Waals surface area (Å²) < 4.78 is 33.5. The molecule has 0 spiro atoms. The maximum absolute atomic E-state index is 13.5. The molecule has 3 unspecified atom stereocenters. The zero-order valence-electron chi connectivity index (χ0n) is 37.3. The van der Waals surface area contributed by atoms with Crippen LogP contribution in [0.4, 0.5) is 15.8 Å². The van der Waals surface area contributed by atoms with Gasteiger partial charge >= 0.3 is 0 Å². The quantitative estimate of drug-likeness (QED) is 0.0443. The second-order valence-electron chi connectivity index (χ2n) is 16.3. The SMILES string of the molecule is CC.CC(CCOc1ccc2c(C#N)c(-c3ccc(NO)cc3)n(CC3CC3)c2c1)CSNc1ccc(-c2c(C#N)c3cc(OCC(F)P)ccc3n2C2CCC2)cc1.CCCC. The van der Waals surface area contributed by atoms with E-state index in [0.717, 1.165) is 87.3 Å². The highest BCUT2D eigenvalue weighted by atomic mass is 32.2. The Morgan fingerprint density at radius 3 is 2.02 bits per heavy atom. The van der Waals surface area contributed by atoms with Gasteiger partial charge in [0, 0.05) is 40.9 Å². The number of benzene rings is 4. The molecule has 0 aliphatic heterocycles. The van der Waals surface area contributed by atoms with Gasteiger partial charge in [-0.3, -0.25) is 10.7 Å². The smallest absolute Gasteiger partial charge is 0.147 e. The summed E-state index contributed by atoms with van der Waals surface area (Å²) in [5.74, 6) is 2.09. The second-order valence-corrected chi connectivity index (χ2v) is 17.8. The number of nitrogens with one attached hydrogen (secondary N) is 2. The number of alkyl halides is 1. The first-order valence-electron chi connectivity index (χ1n) is 22.5. The van der Waals surface area contributed by atoms with Gasteiger partial charge in [-0.05, 0) is 116 Å². The number of hydrogen-bond donors (Lipinski definition) is 3. The standard InChI is InChI=1S/C45H46FN6O3PS.C4H10.C2H6/c1-28(19-20-54-36-15-17-37-39(23-47)44(30-7-11-32(49-53)12-8-30)51(42(37)22-36)25-29-5-6-29)27-57-50-33-13-9-31(10-14-33)45-40(24-48)38-21-35(55-26-43(46)56)16-18-41(38)52(45)34-3-2-4-34;1-3-4-2;1-2/h7-18,21-22,28-29,34,43,49-50,53H,2-6,19-20,25-27,56H2,1H3;3-4H2,1-2H3;1-2H3. The number of nitrogens with zero attached hydrogens (tertiary/aromatic N) is 4. The molecule has 4 aromatic carbocycles. The van der Waals surface area contributed by atoms with Crippen molar-refractivity contribution in [3.8, 4) is 46.2 Å². The van der Waals surface area contributed by atoms with Crippen molar-refractivity contribution in [1.29, 1.82) is 10.5 Å². The Balaban J connectivity index is 0.00000104. The Hall–Kier alpha value is -5.19. The molecule has 0 amide bonds. The average Bonchev–Trinajstić information content (AvgIpc) is 4.00. The highest BCUT2D eigenvalue weighted by Gasteiger charge is 2.29. The molecule has 2 aromatic heterocycles. The van der Waals surface area contributed by atoms with Crippen molar-refractivity contribution < 1.29 is 19.1 Å². The number of halogens is 1. The van der Waals surface area contributed by atoms with E-state index in [2.05, 4.69) is 91.8 Å². The predicted molar refractivity (Wildman–Crippen MR) is 263 cm³/mol. The molecule has 2 aliphatic carbocycles. The van der Waals surface area contributed by atoms with Gasteiger partial charge in [-0.1, -0.05) is 92.9 Å². The third kappa shape index (κ3) is 11.5. The monoisotopic (exact) mass is 888 g/mol. The number of ether oxygens (including phenoxy) is 2. The van der Waals surface area contributed by atoms with Crippen molar-refractivity contribution >= 4 is 54.4 Å². The van der Waals surface area contributed by atoms with Gasteiger partial charge in [-0.15, -0.1) is 0 Å². The number of anilines is 2. The molecule has 9 nitrogen and oxygen atoms in total. The minimum Gasteiger partial charge on any atom is -0.494 e. The number of unbranched alkanes of at least 4 members (excludes halogenated alkanes) is 1. The van der Waals surface area contributed by atoms with E-state index in [1.54, 1.807) is 11.9 Å². The molecule has 3 N–H and O–H groups in total. The molecule has 3 atom stereocenters. The van der Waals surface area contributed by atoms with E-state index in [1.807, 2.05) is 68.4 Å². The minimum atomic E-state index is -1.16. The number of hydrogen-bond acceptors (Lipinski definition) is 8. The molecule has 8 rings (SSSR count). The van der Waals surface area contributed by atoms with Crippen LogP contribution in [0.5, 0.6) is 11.5 Å². The summed E-state index contributed by atoms with van der Waals surface area (Å²) in [6, 6.07) is 32.8. The number of aromatic nitrogens is 2. The highest BCUT2D eigenvalue weighted by Crippen LogP contribution is 2.44. The van der Waals surface area contributed by atoms with Crippen molar-refractivity contribution in [2.24, 2.45) is 11.8 Å².